The van der Waals surface area contributed by atoms with Gasteiger partial charge in [-0.1, -0.05) is 13.8 Å². The van der Waals surface area contributed by atoms with Gasteiger partial charge in [0.25, 0.3) is 0 Å². The molecule has 21 heavy (non-hydrogen) atoms. The number of piperidine rings is 1. The Balaban J connectivity index is 1.96. The lowest BCUT2D eigenvalue weighted by Crippen LogP contribution is -2.37. The molecule has 1 aliphatic heterocycles. The number of nitrogens with one attached hydrogen (secondary N) is 1. The maximum atomic E-state index is 9.67. The summed E-state index contributed by atoms with van der Waals surface area (Å²) < 4.78 is 0. The molecule has 1 aliphatic rings. The van der Waals surface area contributed by atoms with Crippen molar-refractivity contribution in [3.05, 3.63) is 24.0 Å². The number of nitrogens with zero attached hydrogens (tertiary/aromatic N) is 2. The molecule has 0 amide bonds. The van der Waals surface area contributed by atoms with Gasteiger partial charge in [0.2, 0.25) is 0 Å². The van der Waals surface area contributed by atoms with E-state index in [1.165, 1.54) is 5.69 Å². The standard InChI is InChI=1S/C17H29N3O/c1-4-16(18-5-2)17-7-6-15(12-19-17)20-10-8-14(9-11-20)13(3)21/h6-7,12-14,16,18,21H,4-5,8-11H2,1-3H3. The van der Waals surface area contributed by atoms with Crippen LogP contribution in [0.3, 0.4) is 0 Å². The van der Waals surface area contributed by atoms with E-state index in [9.17, 15) is 5.11 Å². The van der Waals surface area contributed by atoms with Crippen LogP contribution < -0.4 is 10.2 Å². The first kappa shape index (κ1) is 16.2. The lowest BCUT2D eigenvalue weighted by atomic mass is 9.92. The minimum absolute atomic E-state index is 0.182. The molecule has 1 fully saturated rings. The van der Waals surface area contributed by atoms with Gasteiger partial charge >= 0.3 is 0 Å². The van der Waals surface area contributed by atoms with Crippen LogP contribution in [0, 0.1) is 5.92 Å². The normalized spacial score (nSPS) is 19.5. The van der Waals surface area contributed by atoms with E-state index in [0.717, 1.165) is 44.6 Å². The molecule has 0 radical (unpaired) electrons. The molecular formula is C17H29N3O. The molecule has 0 aromatic carbocycles. The highest BCUT2D eigenvalue weighted by atomic mass is 16.3. The van der Waals surface area contributed by atoms with Crippen LogP contribution >= 0.6 is 0 Å². The molecule has 2 atom stereocenters. The number of aliphatic hydroxyl groups excluding tert-OH is 1. The zero-order valence-corrected chi connectivity index (χ0v) is 13.5. The molecular weight excluding hydrogens is 262 g/mol. The lowest BCUT2D eigenvalue weighted by Gasteiger charge is -2.34. The Morgan fingerprint density at radius 2 is 2.05 bits per heavy atom. The fraction of sp³-hybridized carbons (Fsp3) is 0.706. The second-order valence-electron chi connectivity index (χ2n) is 6.02. The van der Waals surface area contributed by atoms with E-state index < -0.39 is 0 Å². The van der Waals surface area contributed by atoms with Gasteiger partial charge in [0.1, 0.15) is 0 Å². The van der Waals surface area contributed by atoms with E-state index in [1.54, 1.807) is 0 Å². The molecule has 2 N–H and O–H groups in total. The molecule has 0 bridgehead atoms. The van der Waals surface area contributed by atoms with Crippen LogP contribution in [-0.2, 0) is 0 Å². The number of anilines is 1. The van der Waals surface area contributed by atoms with Crippen LogP contribution in [-0.4, -0.2) is 35.8 Å². The molecule has 0 saturated carbocycles. The average molecular weight is 291 g/mol. The van der Waals surface area contributed by atoms with Crippen molar-refractivity contribution in [1.29, 1.82) is 0 Å². The molecule has 4 heteroatoms. The zero-order chi connectivity index (χ0) is 15.2. The number of pyridine rings is 1. The Bertz CT molecular complexity index is 411. The van der Waals surface area contributed by atoms with Gasteiger partial charge in [-0.25, -0.2) is 0 Å². The average Bonchev–Trinajstić information content (AvgIpc) is 2.53. The third-order valence-electron chi connectivity index (χ3n) is 4.57. The minimum Gasteiger partial charge on any atom is -0.393 e. The predicted molar refractivity (Wildman–Crippen MR) is 87.6 cm³/mol. The first-order valence-corrected chi connectivity index (χ1v) is 8.28. The van der Waals surface area contributed by atoms with Crippen molar-refractivity contribution in [3.8, 4) is 0 Å². The van der Waals surface area contributed by atoms with Crippen molar-refractivity contribution in [2.45, 2.75) is 52.2 Å². The highest BCUT2D eigenvalue weighted by Crippen LogP contribution is 2.25. The molecule has 118 valence electrons. The summed E-state index contributed by atoms with van der Waals surface area (Å²) in [5.41, 5.74) is 2.33. The van der Waals surface area contributed by atoms with Crippen LogP contribution in [0.15, 0.2) is 18.3 Å². The van der Waals surface area contributed by atoms with E-state index in [-0.39, 0.29) is 6.10 Å². The largest absolute Gasteiger partial charge is 0.393 e. The topological polar surface area (TPSA) is 48.4 Å². The monoisotopic (exact) mass is 291 g/mol. The van der Waals surface area contributed by atoms with Gasteiger partial charge < -0.3 is 15.3 Å². The van der Waals surface area contributed by atoms with Crippen molar-refractivity contribution >= 4 is 5.69 Å². The number of aliphatic hydroxyl groups is 1. The Morgan fingerprint density at radius 3 is 2.52 bits per heavy atom. The van der Waals surface area contributed by atoms with E-state index in [4.69, 9.17) is 0 Å². The van der Waals surface area contributed by atoms with Gasteiger partial charge in [0, 0.05) is 19.1 Å². The first-order chi connectivity index (χ1) is 10.2. The maximum Gasteiger partial charge on any atom is 0.0574 e. The number of aromatic nitrogens is 1. The molecule has 1 aromatic heterocycles. The predicted octanol–water partition coefficient (Wildman–Crippen LogP) is 2.74. The second kappa shape index (κ2) is 7.76. The van der Waals surface area contributed by atoms with Gasteiger partial charge in [-0.15, -0.1) is 0 Å². The maximum absolute atomic E-state index is 9.67. The quantitative estimate of drug-likeness (QED) is 0.846. The van der Waals surface area contributed by atoms with Gasteiger partial charge in [0.15, 0.2) is 0 Å². The molecule has 2 heterocycles. The third-order valence-corrected chi connectivity index (χ3v) is 4.57. The Hall–Kier alpha value is -1.13. The van der Waals surface area contributed by atoms with Crippen LogP contribution in [0.25, 0.3) is 0 Å². The summed E-state index contributed by atoms with van der Waals surface area (Å²) >= 11 is 0. The highest BCUT2D eigenvalue weighted by Gasteiger charge is 2.23. The summed E-state index contributed by atoms with van der Waals surface area (Å²) in [5.74, 6) is 0.451. The van der Waals surface area contributed by atoms with Gasteiger partial charge in [-0.2, -0.15) is 0 Å². The van der Waals surface area contributed by atoms with E-state index in [1.807, 2.05) is 13.1 Å². The second-order valence-corrected chi connectivity index (χ2v) is 6.02. The summed E-state index contributed by atoms with van der Waals surface area (Å²) in [6, 6.07) is 4.68. The Kier molecular flexibility index (Phi) is 6.00. The van der Waals surface area contributed by atoms with E-state index in [2.05, 4.69) is 41.2 Å². The summed E-state index contributed by atoms with van der Waals surface area (Å²) in [5, 5.41) is 13.1. The van der Waals surface area contributed by atoms with Gasteiger partial charge in [-0.05, 0) is 50.8 Å². The van der Waals surface area contributed by atoms with Crippen LogP contribution in [0.1, 0.15) is 51.8 Å². The summed E-state index contributed by atoms with van der Waals surface area (Å²) in [7, 11) is 0. The molecule has 1 aromatic rings. The SMILES string of the molecule is CCNC(CC)c1ccc(N2CCC(C(C)O)CC2)cn1. The van der Waals surface area contributed by atoms with Crippen molar-refractivity contribution in [2.75, 3.05) is 24.5 Å². The Morgan fingerprint density at radius 1 is 1.33 bits per heavy atom. The highest BCUT2D eigenvalue weighted by molar-refractivity contribution is 5.45. The number of hydrogen-bond acceptors (Lipinski definition) is 4. The van der Waals surface area contributed by atoms with Crippen molar-refractivity contribution < 1.29 is 5.11 Å². The van der Waals surface area contributed by atoms with Crippen LogP contribution in [0.4, 0.5) is 5.69 Å². The molecule has 4 nitrogen and oxygen atoms in total. The van der Waals surface area contributed by atoms with Gasteiger partial charge in [-0.3, -0.25) is 4.98 Å². The molecule has 0 aliphatic carbocycles. The van der Waals surface area contributed by atoms with Crippen molar-refractivity contribution in [3.63, 3.8) is 0 Å². The fourth-order valence-corrected chi connectivity index (χ4v) is 3.14. The first-order valence-electron chi connectivity index (χ1n) is 8.28. The Labute approximate surface area is 128 Å². The van der Waals surface area contributed by atoms with Crippen LogP contribution in [0.5, 0.6) is 0 Å². The smallest absolute Gasteiger partial charge is 0.0574 e. The number of rotatable bonds is 6. The van der Waals surface area contributed by atoms with Crippen LogP contribution in [0.2, 0.25) is 0 Å². The van der Waals surface area contributed by atoms with E-state index >= 15 is 0 Å². The summed E-state index contributed by atoms with van der Waals surface area (Å²) in [6.07, 6.45) is 5.00. The third kappa shape index (κ3) is 4.17. The molecule has 2 unspecified atom stereocenters. The molecule has 2 rings (SSSR count). The summed E-state index contributed by atoms with van der Waals surface area (Å²) in [4.78, 5) is 7.02. The number of hydrogen-bond donors (Lipinski definition) is 2. The van der Waals surface area contributed by atoms with E-state index in [0.29, 0.717) is 12.0 Å². The molecule has 0 spiro atoms. The minimum atomic E-state index is -0.182. The zero-order valence-electron chi connectivity index (χ0n) is 13.5. The van der Waals surface area contributed by atoms with Crippen molar-refractivity contribution in [1.82, 2.24) is 10.3 Å². The lowest BCUT2D eigenvalue weighted by molar-refractivity contribution is 0.110. The fourth-order valence-electron chi connectivity index (χ4n) is 3.14. The van der Waals surface area contributed by atoms with Crippen molar-refractivity contribution in [2.24, 2.45) is 5.92 Å². The van der Waals surface area contributed by atoms with Gasteiger partial charge in [0.05, 0.1) is 23.7 Å². The summed E-state index contributed by atoms with van der Waals surface area (Å²) in [6.45, 7) is 9.21. The molecule has 1 saturated heterocycles.